The van der Waals surface area contributed by atoms with Crippen LogP contribution in [-0.2, 0) is 20.0 Å². The normalized spacial score (nSPS) is 19.0. The van der Waals surface area contributed by atoms with Crippen LogP contribution in [0.3, 0.4) is 0 Å². The molecule has 1 aliphatic heterocycles. The Hall–Kier alpha value is -1.65. The van der Waals surface area contributed by atoms with Crippen molar-refractivity contribution in [3.8, 4) is 0 Å². The van der Waals surface area contributed by atoms with Gasteiger partial charge in [0, 0.05) is 32.0 Å². The Kier molecular flexibility index (Phi) is 6.05. The Labute approximate surface area is 146 Å². The molecule has 0 radical (unpaired) electrons. The van der Waals surface area contributed by atoms with E-state index in [1.165, 1.54) is 50.9 Å². The molecule has 1 atom stereocenters. The van der Waals surface area contributed by atoms with Gasteiger partial charge in [0.15, 0.2) is 0 Å². The number of aromatic nitrogens is 2. The van der Waals surface area contributed by atoms with Gasteiger partial charge < -0.3 is 9.47 Å². The van der Waals surface area contributed by atoms with Gasteiger partial charge in [0.05, 0.1) is 6.54 Å². The van der Waals surface area contributed by atoms with Crippen molar-refractivity contribution in [1.29, 1.82) is 0 Å². The highest BCUT2D eigenvalue weighted by atomic mass is 15.2. The number of rotatable bonds is 7. The summed E-state index contributed by atoms with van der Waals surface area (Å²) >= 11 is 0. The highest BCUT2D eigenvalue weighted by molar-refractivity contribution is 5.14. The van der Waals surface area contributed by atoms with Crippen LogP contribution in [0.5, 0.6) is 0 Å². The summed E-state index contributed by atoms with van der Waals surface area (Å²) in [6, 6.07) is 11.5. The number of benzene rings is 1. The Balaban J connectivity index is 1.44. The lowest BCUT2D eigenvalue weighted by atomic mass is 10.0. The maximum atomic E-state index is 4.46. The summed E-state index contributed by atoms with van der Waals surface area (Å²) in [6.45, 7) is 4.59. The number of likely N-dealkylation sites (N-methyl/N-ethyl adjacent to an activating group) is 1. The Bertz CT molecular complexity index is 607. The monoisotopic (exact) mass is 326 g/mol. The number of likely N-dealkylation sites (tertiary alicyclic amines) is 1. The first kappa shape index (κ1) is 17.2. The first-order valence-electron chi connectivity index (χ1n) is 9.15. The molecule has 0 bridgehead atoms. The zero-order valence-corrected chi connectivity index (χ0v) is 15.1. The molecule has 0 amide bonds. The van der Waals surface area contributed by atoms with Gasteiger partial charge in [-0.15, -0.1) is 0 Å². The third-order valence-electron chi connectivity index (χ3n) is 5.20. The van der Waals surface area contributed by atoms with Gasteiger partial charge in [0.25, 0.3) is 0 Å². The summed E-state index contributed by atoms with van der Waals surface area (Å²) in [5.74, 6) is 1.15. The predicted octanol–water partition coefficient (Wildman–Crippen LogP) is 2.95. The lowest BCUT2D eigenvalue weighted by molar-refractivity contribution is 0.109. The lowest BCUT2D eigenvalue weighted by Gasteiger charge is -2.37. The van der Waals surface area contributed by atoms with E-state index in [2.05, 4.69) is 63.8 Å². The summed E-state index contributed by atoms with van der Waals surface area (Å²) in [5.41, 5.74) is 1.46. The number of hydrogen-bond donors (Lipinski definition) is 0. The lowest BCUT2D eigenvalue weighted by Crippen LogP contribution is -2.46. The van der Waals surface area contributed by atoms with Gasteiger partial charge in [0.1, 0.15) is 5.82 Å². The van der Waals surface area contributed by atoms with E-state index >= 15 is 0 Å². The highest BCUT2D eigenvalue weighted by Gasteiger charge is 2.23. The molecule has 2 heterocycles. The first-order chi connectivity index (χ1) is 11.7. The van der Waals surface area contributed by atoms with E-state index < -0.39 is 0 Å². The van der Waals surface area contributed by atoms with Crippen LogP contribution >= 0.6 is 0 Å². The van der Waals surface area contributed by atoms with Gasteiger partial charge in [0.2, 0.25) is 0 Å². The third kappa shape index (κ3) is 4.68. The van der Waals surface area contributed by atoms with Crippen LogP contribution in [0, 0.1) is 0 Å². The van der Waals surface area contributed by atoms with Crippen LogP contribution in [0.25, 0.3) is 0 Å². The highest BCUT2D eigenvalue weighted by Crippen LogP contribution is 2.17. The van der Waals surface area contributed by atoms with E-state index in [0.29, 0.717) is 6.04 Å². The minimum atomic E-state index is 0.646. The van der Waals surface area contributed by atoms with Crippen molar-refractivity contribution in [3.63, 3.8) is 0 Å². The van der Waals surface area contributed by atoms with Crippen molar-refractivity contribution in [3.05, 3.63) is 54.1 Å². The molecule has 1 fully saturated rings. The Morgan fingerprint density at radius 2 is 2.08 bits per heavy atom. The standard InChI is InChI=1S/C20H30N4/c1-22-15-12-21-20(22)17-23(2)19-11-7-14-24(16-19)13-6-10-18-8-4-3-5-9-18/h3-5,8-9,12,15,19H,6-7,10-11,13-14,16-17H2,1-2H3. The van der Waals surface area contributed by atoms with Crippen LogP contribution in [0.1, 0.15) is 30.7 Å². The summed E-state index contributed by atoms with van der Waals surface area (Å²) in [4.78, 5) is 9.58. The fourth-order valence-electron chi connectivity index (χ4n) is 3.65. The van der Waals surface area contributed by atoms with Gasteiger partial charge in [-0.3, -0.25) is 4.90 Å². The molecule has 0 aliphatic carbocycles. The van der Waals surface area contributed by atoms with Crippen molar-refractivity contribution in [1.82, 2.24) is 19.4 Å². The van der Waals surface area contributed by atoms with Crippen molar-refractivity contribution in [2.45, 2.75) is 38.3 Å². The average Bonchev–Trinajstić information content (AvgIpc) is 3.01. The molecule has 1 aliphatic rings. The SMILES string of the molecule is CN(Cc1nccn1C)C1CCCN(CCCc2ccccc2)C1. The molecule has 4 nitrogen and oxygen atoms in total. The maximum absolute atomic E-state index is 4.46. The second-order valence-electron chi connectivity index (χ2n) is 7.06. The van der Waals surface area contributed by atoms with Crippen molar-refractivity contribution < 1.29 is 0 Å². The van der Waals surface area contributed by atoms with Gasteiger partial charge in [-0.1, -0.05) is 30.3 Å². The molecule has 1 aromatic heterocycles. The largest absolute Gasteiger partial charge is 0.337 e. The minimum Gasteiger partial charge on any atom is -0.337 e. The first-order valence-corrected chi connectivity index (χ1v) is 9.15. The van der Waals surface area contributed by atoms with Crippen LogP contribution < -0.4 is 0 Å². The summed E-state index contributed by atoms with van der Waals surface area (Å²) in [7, 11) is 4.32. The molecule has 1 saturated heterocycles. The molecular weight excluding hydrogens is 296 g/mol. The zero-order valence-electron chi connectivity index (χ0n) is 15.1. The molecule has 4 heteroatoms. The number of aryl methyl sites for hydroxylation is 2. The van der Waals surface area contributed by atoms with Crippen molar-refractivity contribution in [2.75, 3.05) is 26.7 Å². The number of imidazole rings is 1. The van der Waals surface area contributed by atoms with Crippen molar-refractivity contribution >= 4 is 0 Å². The summed E-state index contributed by atoms with van der Waals surface area (Å²) < 4.78 is 2.12. The maximum Gasteiger partial charge on any atom is 0.122 e. The smallest absolute Gasteiger partial charge is 0.122 e. The third-order valence-corrected chi connectivity index (χ3v) is 5.20. The van der Waals surface area contributed by atoms with Crippen LogP contribution in [-0.4, -0.2) is 52.1 Å². The Morgan fingerprint density at radius 1 is 1.25 bits per heavy atom. The fraction of sp³-hybridized carbons (Fsp3) is 0.550. The second kappa shape index (κ2) is 8.45. The number of piperidine rings is 1. The fourth-order valence-corrected chi connectivity index (χ4v) is 3.65. The molecule has 0 spiro atoms. The molecule has 24 heavy (non-hydrogen) atoms. The molecule has 1 aromatic carbocycles. The molecule has 130 valence electrons. The van der Waals surface area contributed by atoms with Crippen LogP contribution in [0.4, 0.5) is 0 Å². The van der Waals surface area contributed by atoms with E-state index in [9.17, 15) is 0 Å². The van der Waals surface area contributed by atoms with Crippen molar-refractivity contribution in [2.24, 2.45) is 7.05 Å². The average molecular weight is 326 g/mol. The van der Waals surface area contributed by atoms with Gasteiger partial charge >= 0.3 is 0 Å². The van der Waals surface area contributed by atoms with Gasteiger partial charge in [-0.05, 0) is 51.4 Å². The zero-order chi connectivity index (χ0) is 16.8. The van der Waals surface area contributed by atoms with E-state index in [1.807, 2.05) is 12.4 Å². The van der Waals surface area contributed by atoms with Gasteiger partial charge in [-0.25, -0.2) is 4.98 Å². The van der Waals surface area contributed by atoms with Gasteiger partial charge in [-0.2, -0.15) is 0 Å². The molecule has 0 N–H and O–H groups in total. The Morgan fingerprint density at radius 3 is 2.83 bits per heavy atom. The van der Waals surface area contributed by atoms with E-state index in [4.69, 9.17) is 0 Å². The summed E-state index contributed by atoms with van der Waals surface area (Å²) in [5, 5.41) is 0. The summed E-state index contributed by atoms with van der Waals surface area (Å²) in [6.07, 6.45) is 8.96. The van der Waals surface area contributed by atoms with E-state index in [1.54, 1.807) is 0 Å². The molecule has 2 aromatic rings. The molecule has 3 rings (SSSR count). The van der Waals surface area contributed by atoms with E-state index in [-0.39, 0.29) is 0 Å². The molecule has 1 unspecified atom stereocenters. The second-order valence-corrected chi connectivity index (χ2v) is 7.06. The van der Waals surface area contributed by atoms with Crippen LogP contribution in [0.2, 0.25) is 0 Å². The number of nitrogens with zero attached hydrogens (tertiary/aromatic N) is 4. The number of hydrogen-bond acceptors (Lipinski definition) is 3. The molecular formula is C20H30N4. The van der Waals surface area contributed by atoms with E-state index in [0.717, 1.165) is 12.4 Å². The minimum absolute atomic E-state index is 0.646. The van der Waals surface area contributed by atoms with Crippen LogP contribution in [0.15, 0.2) is 42.7 Å². The topological polar surface area (TPSA) is 24.3 Å². The quantitative estimate of drug-likeness (QED) is 0.782. The predicted molar refractivity (Wildman–Crippen MR) is 98.9 cm³/mol. The molecule has 0 saturated carbocycles.